The molecule has 0 aromatic carbocycles. The molecule has 0 aromatic heterocycles. The topological polar surface area (TPSA) is 111 Å². The summed E-state index contributed by atoms with van der Waals surface area (Å²) in [4.78, 5) is 37.2. The lowest BCUT2D eigenvalue weighted by Crippen LogP contribution is -2.37. The molecule has 0 saturated heterocycles. The van der Waals surface area contributed by atoms with E-state index in [9.17, 15) is 19.0 Å². The zero-order valence-corrected chi connectivity index (χ0v) is 30.7. The Morgan fingerprint density at radius 2 is 1.00 bits per heavy atom. The van der Waals surface area contributed by atoms with Gasteiger partial charge in [-0.25, -0.2) is 0 Å². The number of esters is 2. The second-order valence-corrected chi connectivity index (χ2v) is 15.0. The molecule has 0 aliphatic rings. The summed E-state index contributed by atoms with van der Waals surface area (Å²) >= 11 is 0. The van der Waals surface area contributed by atoms with Crippen LogP contribution in [0.15, 0.2) is 0 Å². The second kappa shape index (κ2) is 29.2. The number of carbonyl (C=O) groups excluding carboxylic acids is 2. The van der Waals surface area contributed by atoms with Crippen LogP contribution in [0.1, 0.15) is 162 Å². The molecule has 0 radical (unpaired) electrons. The lowest BCUT2D eigenvalue weighted by Gasteiger charge is -2.28. The summed E-state index contributed by atoms with van der Waals surface area (Å²) in [5, 5.41) is 0. The molecule has 0 fully saturated rings. The predicted molar refractivity (Wildman–Crippen MR) is 181 cm³/mol. The highest BCUT2D eigenvalue weighted by atomic mass is 31.2. The van der Waals surface area contributed by atoms with Gasteiger partial charge in [-0.3, -0.25) is 14.2 Å². The normalized spacial score (nSPS) is 13.8. The maximum atomic E-state index is 12.5. The maximum absolute atomic E-state index is 12.5. The molecule has 0 aromatic rings. The van der Waals surface area contributed by atoms with E-state index in [1.165, 1.54) is 96.3 Å². The number of nitrogens with zero attached hydrogens (tertiary/aromatic N) is 1. The smallest absolute Gasteiger partial charge is 0.306 e. The first-order valence-electron chi connectivity index (χ1n) is 18.2. The van der Waals surface area contributed by atoms with Gasteiger partial charge in [0.1, 0.15) is 19.8 Å². The fourth-order valence-corrected chi connectivity index (χ4v) is 5.68. The van der Waals surface area contributed by atoms with Crippen molar-refractivity contribution in [3.05, 3.63) is 0 Å². The standard InChI is InChI=1S/C35H70NO8P/c1-6-8-10-12-14-16-18-20-22-24-26-28-35(38)44-33(32-43-45(39,40)42-30-29-36(3,4)5)31-41-34(37)27-25-23-21-19-17-15-13-11-9-7-2/h33H,6-32H2,1-5H3. The highest BCUT2D eigenvalue weighted by Crippen LogP contribution is 2.38. The first-order chi connectivity index (χ1) is 21.5. The molecular formula is C35H70NO8P. The predicted octanol–water partition coefficient (Wildman–Crippen LogP) is 8.66. The zero-order valence-electron chi connectivity index (χ0n) is 29.8. The van der Waals surface area contributed by atoms with Gasteiger partial charge in [0.25, 0.3) is 7.82 Å². The van der Waals surface area contributed by atoms with Crippen LogP contribution in [-0.4, -0.2) is 70.0 Å². The number of carbonyl (C=O) groups is 2. The van der Waals surface area contributed by atoms with Gasteiger partial charge in [-0.15, -0.1) is 0 Å². The van der Waals surface area contributed by atoms with Crippen LogP contribution in [0.3, 0.4) is 0 Å². The molecule has 0 rings (SSSR count). The summed E-state index contributed by atoms with van der Waals surface area (Å²) in [5.41, 5.74) is 0. The van der Waals surface area contributed by atoms with E-state index in [4.69, 9.17) is 18.5 Å². The van der Waals surface area contributed by atoms with Gasteiger partial charge in [0.15, 0.2) is 6.10 Å². The summed E-state index contributed by atoms with van der Waals surface area (Å²) in [6.07, 6.45) is 24.1. The van der Waals surface area contributed by atoms with Crippen LogP contribution in [0, 0.1) is 0 Å². The summed E-state index contributed by atoms with van der Waals surface area (Å²) < 4.78 is 33.6. The Morgan fingerprint density at radius 1 is 0.600 bits per heavy atom. The molecule has 45 heavy (non-hydrogen) atoms. The van der Waals surface area contributed by atoms with Gasteiger partial charge in [-0.05, 0) is 12.8 Å². The minimum absolute atomic E-state index is 0.0264. The van der Waals surface area contributed by atoms with Crippen LogP contribution >= 0.6 is 7.82 Å². The SMILES string of the molecule is CCCCCCCCCCCCCC(=O)OC(COC(=O)CCCCCCCCCCCC)COP(=O)([O-])OCC[N+](C)(C)C. The zero-order chi connectivity index (χ0) is 33.7. The Bertz CT molecular complexity index is 758. The molecule has 0 N–H and O–H groups in total. The summed E-state index contributed by atoms with van der Waals surface area (Å²) in [5.74, 6) is -0.831. The fraction of sp³-hybridized carbons (Fsp3) is 0.943. The molecular weight excluding hydrogens is 593 g/mol. The number of ether oxygens (including phenoxy) is 2. The van der Waals surface area contributed by atoms with Crippen LogP contribution < -0.4 is 4.89 Å². The van der Waals surface area contributed by atoms with Crippen molar-refractivity contribution in [2.45, 2.75) is 168 Å². The Labute approximate surface area is 276 Å². The molecule has 0 amide bonds. The van der Waals surface area contributed by atoms with Crippen LogP contribution in [0.5, 0.6) is 0 Å². The van der Waals surface area contributed by atoms with E-state index in [-0.39, 0.29) is 32.0 Å². The first-order valence-corrected chi connectivity index (χ1v) is 19.7. The quantitative estimate of drug-likeness (QED) is 0.0297. The summed E-state index contributed by atoms with van der Waals surface area (Å²) in [7, 11) is 1.17. The van der Waals surface area contributed by atoms with Gasteiger partial charge in [0.2, 0.25) is 0 Å². The van der Waals surface area contributed by atoms with E-state index < -0.39 is 26.5 Å². The van der Waals surface area contributed by atoms with Gasteiger partial charge < -0.3 is 27.9 Å². The minimum Gasteiger partial charge on any atom is -0.756 e. The van der Waals surface area contributed by atoms with Crippen molar-refractivity contribution in [3.8, 4) is 0 Å². The van der Waals surface area contributed by atoms with Crippen LogP contribution in [-0.2, 0) is 32.7 Å². The number of rotatable bonds is 33. The Kier molecular flexibility index (Phi) is 28.5. The molecule has 0 spiro atoms. The average Bonchev–Trinajstić information content (AvgIpc) is 2.97. The van der Waals surface area contributed by atoms with E-state index in [0.29, 0.717) is 17.4 Å². The lowest BCUT2D eigenvalue weighted by molar-refractivity contribution is -0.870. The highest BCUT2D eigenvalue weighted by molar-refractivity contribution is 7.45. The van der Waals surface area contributed by atoms with Crippen molar-refractivity contribution in [2.24, 2.45) is 0 Å². The number of hydrogen-bond acceptors (Lipinski definition) is 8. The van der Waals surface area contributed by atoms with Crippen molar-refractivity contribution >= 4 is 19.8 Å². The number of likely N-dealkylation sites (N-methyl/N-ethyl adjacent to an activating group) is 1. The monoisotopic (exact) mass is 663 g/mol. The number of unbranched alkanes of at least 4 members (excludes halogenated alkanes) is 19. The van der Waals surface area contributed by atoms with Crippen molar-refractivity contribution in [3.63, 3.8) is 0 Å². The lowest BCUT2D eigenvalue weighted by atomic mass is 10.1. The van der Waals surface area contributed by atoms with Crippen molar-refractivity contribution < 1.29 is 42.1 Å². The van der Waals surface area contributed by atoms with Crippen molar-refractivity contribution in [1.82, 2.24) is 0 Å². The van der Waals surface area contributed by atoms with E-state index in [0.717, 1.165) is 32.1 Å². The number of hydrogen-bond donors (Lipinski definition) is 0. The third-order valence-corrected chi connectivity index (χ3v) is 8.84. The van der Waals surface area contributed by atoms with Gasteiger partial charge in [-0.2, -0.15) is 0 Å². The van der Waals surface area contributed by atoms with Crippen LogP contribution in [0.2, 0.25) is 0 Å². The summed E-state index contributed by atoms with van der Waals surface area (Å²) in [6, 6.07) is 0. The molecule has 2 atom stereocenters. The van der Waals surface area contributed by atoms with Gasteiger partial charge in [-0.1, -0.05) is 136 Å². The van der Waals surface area contributed by atoms with Crippen molar-refractivity contribution in [2.75, 3.05) is 47.5 Å². The van der Waals surface area contributed by atoms with E-state index in [1.807, 2.05) is 21.1 Å². The summed E-state index contributed by atoms with van der Waals surface area (Å²) in [6.45, 7) is 4.20. The van der Waals surface area contributed by atoms with Gasteiger partial charge >= 0.3 is 11.9 Å². The third kappa shape index (κ3) is 32.7. The van der Waals surface area contributed by atoms with Gasteiger partial charge in [0.05, 0.1) is 27.7 Å². The molecule has 0 aliphatic heterocycles. The molecule has 0 aliphatic carbocycles. The van der Waals surface area contributed by atoms with E-state index in [2.05, 4.69) is 13.8 Å². The molecule has 10 heteroatoms. The Hall–Kier alpha value is -0.990. The minimum atomic E-state index is -4.60. The van der Waals surface area contributed by atoms with Crippen molar-refractivity contribution in [1.29, 1.82) is 0 Å². The Morgan fingerprint density at radius 3 is 1.42 bits per heavy atom. The second-order valence-electron chi connectivity index (χ2n) is 13.6. The largest absolute Gasteiger partial charge is 0.756 e. The molecule has 2 unspecified atom stereocenters. The van der Waals surface area contributed by atoms with Gasteiger partial charge in [0, 0.05) is 12.8 Å². The number of phosphoric ester groups is 1. The van der Waals surface area contributed by atoms with Crippen LogP contribution in [0.25, 0.3) is 0 Å². The Balaban J connectivity index is 4.46. The molecule has 0 bridgehead atoms. The average molecular weight is 664 g/mol. The first kappa shape index (κ1) is 44.0. The van der Waals surface area contributed by atoms with Crippen LogP contribution in [0.4, 0.5) is 0 Å². The molecule has 268 valence electrons. The van der Waals surface area contributed by atoms with E-state index in [1.54, 1.807) is 0 Å². The highest BCUT2D eigenvalue weighted by Gasteiger charge is 2.21. The number of phosphoric acid groups is 1. The maximum Gasteiger partial charge on any atom is 0.306 e. The number of quaternary nitrogens is 1. The molecule has 0 saturated carbocycles. The van der Waals surface area contributed by atoms with E-state index >= 15 is 0 Å². The molecule has 0 heterocycles. The fourth-order valence-electron chi connectivity index (χ4n) is 4.95. The third-order valence-electron chi connectivity index (χ3n) is 7.88. The molecule has 9 nitrogen and oxygen atoms in total.